The molecule has 0 spiro atoms. The van der Waals surface area contributed by atoms with Crippen LogP contribution in [0.15, 0.2) is 0 Å². The molecule has 66 valence electrons. The smallest absolute Gasteiger partial charge is 0.254 e. The summed E-state index contributed by atoms with van der Waals surface area (Å²) in [5.41, 5.74) is -0.337. The van der Waals surface area contributed by atoms with Crippen LogP contribution in [0.2, 0.25) is 0 Å². The lowest BCUT2D eigenvalue weighted by Gasteiger charge is -2.21. The summed E-state index contributed by atoms with van der Waals surface area (Å²) >= 11 is 0. The minimum Gasteiger partial charge on any atom is -0.349 e. The molecule has 0 saturated carbocycles. The summed E-state index contributed by atoms with van der Waals surface area (Å²) in [6.07, 6.45) is -1.13. The molecular formula is C8H16FNO. The van der Waals surface area contributed by atoms with Crippen molar-refractivity contribution >= 4 is 5.91 Å². The molecule has 0 saturated heterocycles. The largest absolute Gasteiger partial charge is 0.349 e. The molecule has 0 aromatic carbocycles. The van der Waals surface area contributed by atoms with Crippen LogP contribution >= 0.6 is 0 Å². The first kappa shape index (κ1) is 10.4. The zero-order chi connectivity index (χ0) is 9.07. The summed E-state index contributed by atoms with van der Waals surface area (Å²) in [6.45, 7) is 7.13. The van der Waals surface area contributed by atoms with Gasteiger partial charge in [0.2, 0.25) is 0 Å². The van der Waals surface area contributed by atoms with E-state index in [-0.39, 0.29) is 12.0 Å². The van der Waals surface area contributed by atoms with Crippen LogP contribution in [0.4, 0.5) is 4.39 Å². The van der Waals surface area contributed by atoms with E-state index in [4.69, 9.17) is 0 Å². The molecule has 3 heteroatoms. The fraction of sp³-hybridized carbons (Fsp3) is 0.875. The van der Waals surface area contributed by atoms with Crippen LogP contribution < -0.4 is 5.32 Å². The molecule has 1 unspecified atom stereocenters. The Morgan fingerprint density at radius 3 is 2.27 bits per heavy atom. The van der Waals surface area contributed by atoms with Crippen molar-refractivity contribution in [1.82, 2.24) is 5.32 Å². The molecular weight excluding hydrogens is 145 g/mol. The second kappa shape index (κ2) is 3.69. The van der Waals surface area contributed by atoms with Gasteiger partial charge in [0, 0.05) is 5.54 Å². The zero-order valence-corrected chi connectivity index (χ0v) is 7.57. The van der Waals surface area contributed by atoms with Gasteiger partial charge in [-0.15, -0.1) is 0 Å². The Kier molecular flexibility index (Phi) is 3.49. The average Bonchev–Trinajstić information content (AvgIpc) is 1.82. The predicted octanol–water partition coefficient (Wildman–Crippen LogP) is 1.65. The number of halogens is 1. The van der Waals surface area contributed by atoms with Crippen molar-refractivity contribution in [3.8, 4) is 0 Å². The average molecular weight is 161 g/mol. The number of nitrogens with one attached hydrogen (secondary N) is 1. The van der Waals surface area contributed by atoms with E-state index in [1.54, 1.807) is 6.92 Å². The molecule has 1 N–H and O–H groups in total. The highest BCUT2D eigenvalue weighted by atomic mass is 19.1. The highest BCUT2D eigenvalue weighted by Gasteiger charge is 2.20. The summed E-state index contributed by atoms with van der Waals surface area (Å²) < 4.78 is 12.6. The molecule has 0 aromatic heterocycles. The van der Waals surface area contributed by atoms with E-state index in [0.29, 0.717) is 0 Å². The van der Waals surface area contributed by atoms with Crippen molar-refractivity contribution in [3.63, 3.8) is 0 Å². The summed E-state index contributed by atoms with van der Waals surface area (Å²) in [5.74, 6) is -0.514. The lowest BCUT2D eigenvalue weighted by molar-refractivity contribution is -0.127. The van der Waals surface area contributed by atoms with E-state index < -0.39 is 12.1 Å². The van der Waals surface area contributed by atoms with Gasteiger partial charge in [0.15, 0.2) is 6.17 Å². The molecule has 0 aliphatic rings. The van der Waals surface area contributed by atoms with Crippen LogP contribution in [0.3, 0.4) is 0 Å². The molecule has 11 heavy (non-hydrogen) atoms. The normalized spacial score (nSPS) is 14.3. The number of carbonyl (C=O) groups is 1. The standard InChI is InChI=1S/C8H16FNO/c1-5-6(9)7(11)10-8(2,3)4/h6H,5H2,1-4H3,(H,10,11). The molecule has 0 aliphatic carbocycles. The van der Waals surface area contributed by atoms with Gasteiger partial charge in [0.1, 0.15) is 0 Å². The van der Waals surface area contributed by atoms with E-state index in [1.807, 2.05) is 20.8 Å². The van der Waals surface area contributed by atoms with E-state index in [0.717, 1.165) is 0 Å². The van der Waals surface area contributed by atoms with Gasteiger partial charge in [0.05, 0.1) is 0 Å². The maximum absolute atomic E-state index is 12.6. The van der Waals surface area contributed by atoms with E-state index in [1.165, 1.54) is 0 Å². The topological polar surface area (TPSA) is 29.1 Å². The molecule has 0 radical (unpaired) electrons. The van der Waals surface area contributed by atoms with E-state index >= 15 is 0 Å². The zero-order valence-electron chi connectivity index (χ0n) is 7.57. The summed E-state index contributed by atoms with van der Waals surface area (Å²) in [4.78, 5) is 10.9. The van der Waals surface area contributed by atoms with Crippen molar-refractivity contribution < 1.29 is 9.18 Å². The fourth-order valence-corrected chi connectivity index (χ4v) is 0.633. The molecule has 0 heterocycles. The van der Waals surface area contributed by atoms with Gasteiger partial charge in [0.25, 0.3) is 5.91 Å². The van der Waals surface area contributed by atoms with E-state index in [9.17, 15) is 9.18 Å². The van der Waals surface area contributed by atoms with Gasteiger partial charge in [-0.3, -0.25) is 4.79 Å². The first-order valence-electron chi connectivity index (χ1n) is 3.83. The highest BCUT2D eigenvalue weighted by molar-refractivity contribution is 5.81. The van der Waals surface area contributed by atoms with Crippen LogP contribution in [0.25, 0.3) is 0 Å². The van der Waals surface area contributed by atoms with Gasteiger partial charge in [-0.25, -0.2) is 4.39 Å². The molecule has 0 aliphatic heterocycles. The van der Waals surface area contributed by atoms with E-state index in [2.05, 4.69) is 5.32 Å². The van der Waals surface area contributed by atoms with Crippen molar-refractivity contribution in [2.45, 2.75) is 45.8 Å². The van der Waals surface area contributed by atoms with Gasteiger partial charge in [-0.1, -0.05) is 6.92 Å². The fourth-order valence-electron chi connectivity index (χ4n) is 0.633. The minimum atomic E-state index is -1.37. The summed E-state index contributed by atoms with van der Waals surface area (Å²) in [6, 6.07) is 0. The monoisotopic (exact) mass is 161 g/mol. The van der Waals surface area contributed by atoms with Crippen molar-refractivity contribution in [2.75, 3.05) is 0 Å². The second-order valence-corrected chi connectivity index (χ2v) is 3.62. The maximum atomic E-state index is 12.6. The van der Waals surface area contributed by atoms with Crippen molar-refractivity contribution in [3.05, 3.63) is 0 Å². The van der Waals surface area contributed by atoms with Crippen molar-refractivity contribution in [1.29, 1.82) is 0 Å². The van der Waals surface area contributed by atoms with Crippen LogP contribution in [0, 0.1) is 0 Å². The molecule has 0 bridgehead atoms. The molecule has 1 atom stereocenters. The third kappa shape index (κ3) is 4.76. The Balaban J connectivity index is 3.88. The van der Waals surface area contributed by atoms with Crippen LogP contribution in [-0.4, -0.2) is 17.6 Å². The first-order chi connectivity index (χ1) is 4.87. The summed E-state index contributed by atoms with van der Waals surface area (Å²) in [7, 11) is 0. The first-order valence-corrected chi connectivity index (χ1v) is 3.83. The lowest BCUT2D eigenvalue weighted by Crippen LogP contribution is -2.44. The Bertz CT molecular complexity index is 140. The molecule has 2 nitrogen and oxygen atoms in total. The highest BCUT2D eigenvalue weighted by Crippen LogP contribution is 2.02. The predicted molar refractivity (Wildman–Crippen MR) is 43.1 cm³/mol. The van der Waals surface area contributed by atoms with Crippen LogP contribution in [0.5, 0.6) is 0 Å². The Morgan fingerprint density at radius 1 is 1.55 bits per heavy atom. The molecule has 1 amide bonds. The molecule has 0 aromatic rings. The third-order valence-corrected chi connectivity index (χ3v) is 1.14. The van der Waals surface area contributed by atoms with Gasteiger partial charge >= 0.3 is 0 Å². The number of rotatable bonds is 2. The Morgan fingerprint density at radius 2 is 2.00 bits per heavy atom. The van der Waals surface area contributed by atoms with Crippen molar-refractivity contribution in [2.24, 2.45) is 0 Å². The van der Waals surface area contributed by atoms with Crippen LogP contribution in [0.1, 0.15) is 34.1 Å². The van der Waals surface area contributed by atoms with Gasteiger partial charge < -0.3 is 5.32 Å². The minimum absolute atomic E-state index is 0.238. The maximum Gasteiger partial charge on any atom is 0.254 e. The van der Waals surface area contributed by atoms with Crippen LogP contribution in [-0.2, 0) is 4.79 Å². The number of hydrogen-bond acceptors (Lipinski definition) is 1. The molecule has 0 fully saturated rings. The summed E-state index contributed by atoms with van der Waals surface area (Å²) in [5, 5.41) is 2.56. The van der Waals surface area contributed by atoms with Gasteiger partial charge in [-0.05, 0) is 27.2 Å². The SMILES string of the molecule is CCC(F)C(=O)NC(C)(C)C. The number of carbonyl (C=O) groups excluding carboxylic acids is 1. The lowest BCUT2D eigenvalue weighted by atomic mass is 10.1. The Labute approximate surface area is 67.2 Å². The Hall–Kier alpha value is -0.600. The third-order valence-electron chi connectivity index (χ3n) is 1.14. The second-order valence-electron chi connectivity index (χ2n) is 3.62. The van der Waals surface area contributed by atoms with Gasteiger partial charge in [-0.2, -0.15) is 0 Å². The number of alkyl halides is 1. The number of hydrogen-bond donors (Lipinski definition) is 1. The quantitative estimate of drug-likeness (QED) is 0.655. The molecule has 0 rings (SSSR count). The number of amides is 1.